The molecule has 70 valence electrons. The molecule has 1 atom stereocenters. The van der Waals surface area contributed by atoms with Crippen LogP contribution in [0.4, 0.5) is 4.39 Å². The minimum Gasteiger partial charge on any atom is -0.350 e. The molecule has 1 amide bonds. The first-order valence-corrected chi connectivity index (χ1v) is 4.12. The summed E-state index contributed by atoms with van der Waals surface area (Å²) >= 11 is 0. The van der Waals surface area contributed by atoms with E-state index in [1.165, 1.54) is 19.1 Å². The average molecular weight is 181 g/mol. The zero-order valence-electron chi connectivity index (χ0n) is 7.67. The van der Waals surface area contributed by atoms with Crippen molar-refractivity contribution >= 4 is 5.91 Å². The molecule has 0 aliphatic rings. The molecule has 13 heavy (non-hydrogen) atoms. The minimum absolute atomic E-state index is 0.0712. The van der Waals surface area contributed by atoms with Crippen LogP contribution in [0.2, 0.25) is 0 Å². The third kappa shape index (κ3) is 2.86. The Morgan fingerprint density at radius 2 is 1.92 bits per heavy atom. The predicted molar refractivity (Wildman–Crippen MR) is 48.6 cm³/mol. The Balaban J connectivity index is 2.71. The zero-order chi connectivity index (χ0) is 9.84. The summed E-state index contributed by atoms with van der Waals surface area (Å²) in [6.07, 6.45) is 0. The van der Waals surface area contributed by atoms with Crippen molar-refractivity contribution in [1.29, 1.82) is 0 Å². The van der Waals surface area contributed by atoms with E-state index in [-0.39, 0.29) is 17.8 Å². The topological polar surface area (TPSA) is 29.1 Å². The fourth-order valence-corrected chi connectivity index (χ4v) is 1.14. The van der Waals surface area contributed by atoms with E-state index in [9.17, 15) is 9.18 Å². The fraction of sp³-hybridized carbons (Fsp3) is 0.300. The largest absolute Gasteiger partial charge is 0.350 e. The maximum absolute atomic E-state index is 12.5. The summed E-state index contributed by atoms with van der Waals surface area (Å²) in [4.78, 5) is 10.7. The van der Waals surface area contributed by atoms with Gasteiger partial charge in [-0.15, -0.1) is 0 Å². The first kappa shape index (κ1) is 9.71. The third-order valence-electron chi connectivity index (χ3n) is 1.79. The summed E-state index contributed by atoms with van der Waals surface area (Å²) < 4.78 is 12.5. The van der Waals surface area contributed by atoms with Crippen molar-refractivity contribution in [3.8, 4) is 0 Å². The lowest BCUT2D eigenvalue weighted by molar-refractivity contribution is -0.119. The third-order valence-corrected chi connectivity index (χ3v) is 1.79. The van der Waals surface area contributed by atoms with Gasteiger partial charge in [-0.25, -0.2) is 4.39 Å². The number of hydrogen-bond donors (Lipinski definition) is 1. The first-order chi connectivity index (χ1) is 6.09. The van der Waals surface area contributed by atoms with Gasteiger partial charge in [0.15, 0.2) is 0 Å². The Hall–Kier alpha value is -1.38. The lowest BCUT2D eigenvalue weighted by Gasteiger charge is -2.12. The molecule has 0 heterocycles. The smallest absolute Gasteiger partial charge is 0.217 e. The van der Waals surface area contributed by atoms with Crippen molar-refractivity contribution < 1.29 is 9.18 Å². The van der Waals surface area contributed by atoms with Gasteiger partial charge in [-0.2, -0.15) is 0 Å². The van der Waals surface area contributed by atoms with Crippen LogP contribution in [0.15, 0.2) is 24.3 Å². The molecule has 1 aromatic rings. The molecule has 2 nitrogen and oxygen atoms in total. The first-order valence-electron chi connectivity index (χ1n) is 4.12. The molecule has 0 saturated carbocycles. The van der Waals surface area contributed by atoms with Crippen molar-refractivity contribution in [2.45, 2.75) is 19.9 Å². The molecule has 1 N–H and O–H groups in total. The number of hydrogen-bond acceptors (Lipinski definition) is 1. The summed E-state index contributed by atoms with van der Waals surface area (Å²) in [5, 5.41) is 2.72. The number of benzene rings is 1. The Kier molecular flexibility index (Phi) is 3.01. The minimum atomic E-state index is -0.265. The highest BCUT2D eigenvalue weighted by Gasteiger charge is 2.05. The highest BCUT2D eigenvalue weighted by molar-refractivity contribution is 5.73. The Morgan fingerprint density at radius 3 is 2.38 bits per heavy atom. The lowest BCUT2D eigenvalue weighted by Crippen LogP contribution is -2.23. The molecule has 0 bridgehead atoms. The fourth-order valence-electron chi connectivity index (χ4n) is 1.14. The number of amides is 1. The van der Waals surface area contributed by atoms with Crippen LogP contribution in [0.3, 0.4) is 0 Å². The summed E-state index contributed by atoms with van der Waals surface area (Å²) in [5.74, 6) is -0.351. The van der Waals surface area contributed by atoms with E-state index in [2.05, 4.69) is 5.32 Å². The molecular weight excluding hydrogens is 169 g/mol. The molecule has 0 radical (unpaired) electrons. The van der Waals surface area contributed by atoms with Crippen molar-refractivity contribution in [2.75, 3.05) is 0 Å². The highest BCUT2D eigenvalue weighted by atomic mass is 19.1. The van der Waals surface area contributed by atoms with E-state index in [0.29, 0.717) is 0 Å². The van der Waals surface area contributed by atoms with E-state index in [1.807, 2.05) is 6.92 Å². The number of carbonyl (C=O) groups excluding carboxylic acids is 1. The summed E-state index contributed by atoms with van der Waals surface area (Å²) in [5.41, 5.74) is 0.900. The second kappa shape index (κ2) is 4.03. The SMILES string of the molecule is CC(=O)N[C@H](C)c1ccc(F)cc1. The van der Waals surface area contributed by atoms with E-state index in [0.717, 1.165) is 5.56 Å². The van der Waals surface area contributed by atoms with Gasteiger partial charge < -0.3 is 5.32 Å². The molecule has 0 aliphatic carbocycles. The Morgan fingerprint density at radius 1 is 1.38 bits per heavy atom. The molecule has 0 saturated heterocycles. The van der Waals surface area contributed by atoms with Crippen LogP contribution in [-0.2, 0) is 4.79 Å². The van der Waals surface area contributed by atoms with Gasteiger partial charge in [0, 0.05) is 6.92 Å². The van der Waals surface area contributed by atoms with Crippen LogP contribution in [0.5, 0.6) is 0 Å². The highest BCUT2D eigenvalue weighted by Crippen LogP contribution is 2.12. The quantitative estimate of drug-likeness (QED) is 0.743. The van der Waals surface area contributed by atoms with Gasteiger partial charge in [0.05, 0.1) is 6.04 Å². The van der Waals surface area contributed by atoms with Gasteiger partial charge >= 0.3 is 0 Å². The van der Waals surface area contributed by atoms with E-state index < -0.39 is 0 Å². The molecule has 0 unspecified atom stereocenters. The van der Waals surface area contributed by atoms with Crippen molar-refractivity contribution in [3.63, 3.8) is 0 Å². The molecule has 3 heteroatoms. The summed E-state index contributed by atoms with van der Waals surface area (Å²) in [6, 6.07) is 6.02. The maximum Gasteiger partial charge on any atom is 0.217 e. The van der Waals surface area contributed by atoms with Gasteiger partial charge in [-0.05, 0) is 24.6 Å². The van der Waals surface area contributed by atoms with Crippen molar-refractivity contribution in [1.82, 2.24) is 5.32 Å². The number of nitrogens with one attached hydrogen (secondary N) is 1. The van der Waals surface area contributed by atoms with Gasteiger partial charge in [0.25, 0.3) is 0 Å². The van der Waals surface area contributed by atoms with Gasteiger partial charge in [-0.1, -0.05) is 12.1 Å². The number of halogens is 1. The van der Waals surface area contributed by atoms with Crippen LogP contribution in [0.1, 0.15) is 25.5 Å². The van der Waals surface area contributed by atoms with Gasteiger partial charge in [0.2, 0.25) is 5.91 Å². The number of rotatable bonds is 2. The van der Waals surface area contributed by atoms with Crippen molar-refractivity contribution in [3.05, 3.63) is 35.6 Å². The van der Waals surface area contributed by atoms with Gasteiger partial charge in [0.1, 0.15) is 5.82 Å². The van der Waals surface area contributed by atoms with Crippen LogP contribution >= 0.6 is 0 Å². The monoisotopic (exact) mass is 181 g/mol. The van der Waals surface area contributed by atoms with Gasteiger partial charge in [-0.3, -0.25) is 4.79 Å². The van der Waals surface area contributed by atoms with E-state index in [1.54, 1.807) is 12.1 Å². The molecule has 1 aromatic carbocycles. The normalized spacial score (nSPS) is 12.2. The molecule has 0 aliphatic heterocycles. The molecule has 0 fully saturated rings. The molecule has 0 aromatic heterocycles. The number of carbonyl (C=O) groups is 1. The van der Waals surface area contributed by atoms with Crippen LogP contribution < -0.4 is 5.32 Å². The van der Waals surface area contributed by atoms with Crippen LogP contribution in [0.25, 0.3) is 0 Å². The van der Waals surface area contributed by atoms with E-state index >= 15 is 0 Å². The maximum atomic E-state index is 12.5. The lowest BCUT2D eigenvalue weighted by atomic mass is 10.1. The van der Waals surface area contributed by atoms with Crippen LogP contribution in [-0.4, -0.2) is 5.91 Å². The second-order valence-electron chi connectivity index (χ2n) is 2.97. The summed E-state index contributed by atoms with van der Waals surface area (Å²) in [7, 11) is 0. The standard InChI is InChI=1S/C10H12FNO/c1-7(12-8(2)13)9-3-5-10(11)6-4-9/h3-7H,1-2H3,(H,12,13)/t7-/m1/s1. The van der Waals surface area contributed by atoms with Crippen molar-refractivity contribution in [2.24, 2.45) is 0 Å². The molecule has 0 spiro atoms. The molecular formula is C10H12FNO. The molecule has 1 rings (SSSR count). The summed E-state index contributed by atoms with van der Waals surface area (Å²) in [6.45, 7) is 3.31. The zero-order valence-corrected chi connectivity index (χ0v) is 7.67. The predicted octanol–water partition coefficient (Wildman–Crippen LogP) is 2.02. The van der Waals surface area contributed by atoms with Crippen LogP contribution in [0, 0.1) is 5.82 Å². The second-order valence-corrected chi connectivity index (χ2v) is 2.97. The van der Waals surface area contributed by atoms with E-state index in [4.69, 9.17) is 0 Å². The Labute approximate surface area is 76.8 Å². The average Bonchev–Trinajstić information content (AvgIpc) is 2.04. The Bertz CT molecular complexity index is 294.